The van der Waals surface area contributed by atoms with Crippen molar-refractivity contribution < 1.29 is 9.47 Å². The van der Waals surface area contributed by atoms with E-state index < -0.39 is 0 Å². The van der Waals surface area contributed by atoms with E-state index >= 15 is 0 Å². The smallest absolute Gasteiger partial charge is 0.122 e. The molecule has 3 heteroatoms. The van der Waals surface area contributed by atoms with Gasteiger partial charge in [0.15, 0.2) is 0 Å². The van der Waals surface area contributed by atoms with Crippen molar-refractivity contribution in [2.75, 3.05) is 25.6 Å². The fraction of sp³-hybridized carbons (Fsp3) is 0.538. The zero-order valence-corrected chi connectivity index (χ0v) is 11.1. The second-order valence-corrected chi connectivity index (χ2v) is 4.34. The van der Waals surface area contributed by atoms with Gasteiger partial charge in [-0.2, -0.15) is 12.6 Å². The zero-order valence-electron chi connectivity index (χ0n) is 10.2. The van der Waals surface area contributed by atoms with Gasteiger partial charge in [0.2, 0.25) is 0 Å². The maximum absolute atomic E-state index is 5.70. The summed E-state index contributed by atoms with van der Waals surface area (Å²) in [4.78, 5) is 0. The fourth-order valence-electron chi connectivity index (χ4n) is 1.53. The van der Waals surface area contributed by atoms with Crippen LogP contribution in [0.2, 0.25) is 0 Å². The van der Waals surface area contributed by atoms with Crippen LogP contribution in [0.25, 0.3) is 0 Å². The summed E-state index contributed by atoms with van der Waals surface area (Å²) in [6.07, 6.45) is 0. The number of aryl methyl sites for hydroxylation is 2. The lowest BCUT2D eigenvalue weighted by atomic mass is 10.1. The predicted octanol–water partition coefficient (Wildman–Crippen LogP) is 2.94. The molecule has 1 rings (SSSR count). The summed E-state index contributed by atoms with van der Waals surface area (Å²) in [5.41, 5.74) is 3.71. The predicted molar refractivity (Wildman–Crippen MR) is 70.8 cm³/mol. The minimum Gasteiger partial charge on any atom is -0.491 e. The maximum atomic E-state index is 5.70. The van der Waals surface area contributed by atoms with Crippen LogP contribution in [0.1, 0.15) is 16.7 Å². The van der Waals surface area contributed by atoms with Gasteiger partial charge in [-0.15, -0.1) is 0 Å². The van der Waals surface area contributed by atoms with Crippen molar-refractivity contribution in [3.8, 4) is 5.75 Å². The van der Waals surface area contributed by atoms with E-state index in [1.165, 1.54) is 16.7 Å². The number of rotatable bonds is 6. The van der Waals surface area contributed by atoms with Crippen LogP contribution in [0.3, 0.4) is 0 Å². The van der Waals surface area contributed by atoms with Crippen LogP contribution in [0.15, 0.2) is 12.1 Å². The molecular formula is C13H20O2S. The lowest BCUT2D eigenvalue weighted by Crippen LogP contribution is -2.09. The third-order valence-corrected chi connectivity index (χ3v) is 2.67. The quantitative estimate of drug-likeness (QED) is 0.609. The molecule has 0 spiro atoms. The summed E-state index contributed by atoms with van der Waals surface area (Å²) >= 11 is 4.07. The van der Waals surface area contributed by atoms with Gasteiger partial charge in [-0.25, -0.2) is 0 Å². The Morgan fingerprint density at radius 3 is 2.50 bits per heavy atom. The van der Waals surface area contributed by atoms with Gasteiger partial charge in [0.1, 0.15) is 12.4 Å². The second-order valence-electron chi connectivity index (χ2n) is 3.89. The monoisotopic (exact) mass is 240 g/mol. The second kappa shape index (κ2) is 6.81. The van der Waals surface area contributed by atoms with Crippen molar-refractivity contribution in [2.45, 2.75) is 20.8 Å². The van der Waals surface area contributed by atoms with Crippen molar-refractivity contribution in [1.29, 1.82) is 0 Å². The highest BCUT2D eigenvalue weighted by Crippen LogP contribution is 2.23. The van der Waals surface area contributed by atoms with Crippen molar-refractivity contribution in [3.05, 3.63) is 28.8 Å². The Labute approximate surface area is 103 Å². The molecular weight excluding hydrogens is 220 g/mol. The van der Waals surface area contributed by atoms with E-state index in [9.17, 15) is 0 Å². The molecule has 0 radical (unpaired) electrons. The fourth-order valence-corrected chi connectivity index (χ4v) is 1.66. The van der Waals surface area contributed by atoms with E-state index in [1.807, 2.05) is 0 Å². The third-order valence-electron chi connectivity index (χ3n) is 2.48. The summed E-state index contributed by atoms with van der Waals surface area (Å²) in [6.45, 7) is 8.16. The molecule has 0 atom stereocenters. The number of benzene rings is 1. The molecule has 1 aromatic rings. The number of hydrogen-bond donors (Lipinski definition) is 1. The molecule has 0 aliphatic rings. The molecule has 0 fully saturated rings. The van der Waals surface area contributed by atoms with Crippen molar-refractivity contribution >= 4 is 12.6 Å². The average Bonchev–Trinajstić information content (AvgIpc) is 2.24. The molecule has 0 bridgehead atoms. The molecule has 0 saturated carbocycles. The normalized spacial score (nSPS) is 10.5. The molecule has 0 aliphatic heterocycles. The first-order valence-corrected chi connectivity index (χ1v) is 6.17. The molecule has 16 heavy (non-hydrogen) atoms. The van der Waals surface area contributed by atoms with E-state index in [-0.39, 0.29) is 0 Å². The Bertz CT molecular complexity index is 337. The van der Waals surface area contributed by atoms with Gasteiger partial charge in [-0.1, -0.05) is 6.07 Å². The van der Waals surface area contributed by atoms with Crippen molar-refractivity contribution in [3.63, 3.8) is 0 Å². The highest BCUT2D eigenvalue weighted by atomic mass is 32.1. The molecule has 0 N–H and O–H groups in total. The van der Waals surface area contributed by atoms with Crippen LogP contribution >= 0.6 is 12.6 Å². The van der Waals surface area contributed by atoms with E-state index in [4.69, 9.17) is 9.47 Å². The molecule has 0 amide bonds. The SMILES string of the molecule is Cc1cc(C)c(C)c(OCCOCCS)c1. The van der Waals surface area contributed by atoms with E-state index in [0.717, 1.165) is 11.5 Å². The third kappa shape index (κ3) is 4.06. The Kier molecular flexibility index (Phi) is 5.71. The molecule has 90 valence electrons. The average molecular weight is 240 g/mol. The summed E-state index contributed by atoms with van der Waals surface area (Å²) in [6, 6.07) is 4.24. The summed E-state index contributed by atoms with van der Waals surface area (Å²) in [7, 11) is 0. The van der Waals surface area contributed by atoms with Crippen LogP contribution in [0.5, 0.6) is 5.75 Å². The van der Waals surface area contributed by atoms with Crippen LogP contribution in [-0.2, 0) is 4.74 Å². The molecule has 1 aromatic carbocycles. The molecule has 2 nitrogen and oxygen atoms in total. The summed E-state index contributed by atoms with van der Waals surface area (Å²) in [5.74, 6) is 1.72. The topological polar surface area (TPSA) is 18.5 Å². The number of hydrogen-bond acceptors (Lipinski definition) is 3. The summed E-state index contributed by atoms with van der Waals surface area (Å²) in [5, 5.41) is 0. The lowest BCUT2D eigenvalue weighted by molar-refractivity contribution is 0.112. The van der Waals surface area contributed by atoms with Gasteiger partial charge < -0.3 is 9.47 Å². The van der Waals surface area contributed by atoms with Gasteiger partial charge in [0, 0.05) is 5.75 Å². The Morgan fingerprint density at radius 2 is 1.81 bits per heavy atom. The molecule has 0 unspecified atom stereocenters. The molecule has 0 aliphatic carbocycles. The van der Waals surface area contributed by atoms with Crippen LogP contribution in [0, 0.1) is 20.8 Å². The standard InChI is InChI=1S/C13H20O2S/c1-10-8-11(2)12(3)13(9-10)15-5-4-14-6-7-16/h8-9,16H,4-7H2,1-3H3. The molecule has 0 heterocycles. The first kappa shape index (κ1) is 13.4. The Balaban J connectivity index is 2.47. The van der Waals surface area contributed by atoms with Crippen molar-refractivity contribution in [1.82, 2.24) is 0 Å². The largest absolute Gasteiger partial charge is 0.491 e. The van der Waals surface area contributed by atoms with Crippen LogP contribution < -0.4 is 4.74 Å². The summed E-state index contributed by atoms with van der Waals surface area (Å²) < 4.78 is 11.0. The van der Waals surface area contributed by atoms with Gasteiger partial charge in [-0.05, 0) is 43.5 Å². The first-order chi connectivity index (χ1) is 7.65. The van der Waals surface area contributed by atoms with Crippen LogP contribution in [0.4, 0.5) is 0 Å². The van der Waals surface area contributed by atoms with Gasteiger partial charge in [0.05, 0.1) is 13.2 Å². The highest BCUT2D eigenvalue weighted by molar-refractivity contribution is 7.80. The van der Waals surface area contributed by atoms with E-state index in [2.05, 4.69) is 45.5 Å². The zero-order chi connectivity index (χ0) is 12.0. The molecule has 0 aromatic heterocycles. The number of thiol groups is 1. The number of ether oxygens (including phenoxy) is 2. The van der Waals surface area contributed by atoms with E-state index in [1.54, 1.807) is 0 Å². The van der Waals surface area contributed by atoms with Gasteiger partial charge in [0.25, 0.3) is 0 Å². The Morgan fingerprint density at radius 1 is 1.06 bits per heavy atom. The van der Waals surface area contributed by atoms with Crippen LogP contribution in [-0.4, -0.2) is 25.6 Å². The van der Waals surface area contributed by atoms with Gasteiger partial charge in [-0.3, -0.25) is 0 Å². The minimum absolute atomic E-state index is 0.595. The highest BCUT2D eigenvalue weighted by Gasteiger charge is 2.03. The Hall–Kier alpha value is -0.670. The van der Waals surface area contributed by atoms with Gasteiger partial charge >= 0.3 is 0 Å². The molecule has 0 saturated heterocycles. The van der Waals surface area contributed by atoms with E-state index in [0.29, 0.717) is 19.8 Å². The van der Waals surface area contributed by atoms with Crippen molar-refractivity contribution in [2.24, 2.45) is 0 Å². The lowest BCUT2D eigenvalue weighted by Gasteiger charge is -2.12. The first-order valence-electron chi connectivity index (χ1n) is 5.54. The maximum Gasteiger partial charge on any atom is 0.122 e. The minimum atomic E-state index is 0.595.